The van der Waals surface area contributed by atoms with Crippen LogP contribution in [0.2, 0.25) is 0 Å². The van der Waals surface area contributed by atoms with Crippen LogP contribution in [0.5, 0.6) is 0 Å². The molecule has 7 nitrogen and oxygen atoms in total. The normalized spacial score (nSPS) is 15.3. The maximum Gasteiger partial charge on any atom is 0.253 e. The largest absolute Gasteiger partial charge is 0.351 e. The van der Waals surface area contributed by atoms with Gasteiger partial charge in [0, 0.05) is 50.4 Å². The molecular weight excluding hydrogens is 387 g/mol. The smallest absolute Gasteiger partial charge is 0.253 e. The van der Waals surface area contributed by atoms with E-state index in [4.69, 9.17) is 0 Å². The number of rotatable bonds is 6. The summed E-state index contributed by atoms with van der Waals surface area (Å²) in [5.74, 6) is -1.18. The van der Waals surface area contributed by atoms with Gasteiger partial charge in [-0.2, -0.15) is 0 Å². The number of benzene rings is 1. The Bertz CT molecular complexity index is 898. The van der Waals surface area contributed by atoms with Gasteiger partial charge >= 0.3 is 0 Å². The maximum atomic E-state index is 14.0. The minimum Gasteiger partial charge on any atom is -0.351 e. The molecule has 30 heavy (non-hydrogen) atoms. The number of pyridine rings is 1. The summed E-state index contributed by atoms with van der Waals surface area (Å²) in [5, 5.41) is 5.54. The number of hydrogen-bond donors (Lipinski definition) is 2. The summed E-state index contributed by atoms with van der Waals surface area (Å²) in [4.78, 5) is 42.5. The third-order valence-corrected chi connectivity index (χ3v) is 5.13. The van der Waals surface area contributed by atoms with Gasteiger partial charge in [-0.3, -0.25) is 19.4 Å². The average Bonchev–Trinajstić information content (AvgIpc) is 2.75. The van der Waals surface area contributed by atoms with E-state index in [1.165, 1.54) is 13.0 Å². The molecule has 1 aliphatic heterocycles. The highest BCUT2D eigenvalue weighted by Gasteiger charge is 2.28. The van der Waals surface area contributed by atoms with Crippen molar-refractivity contribution in [1.29, 1.82) is 0 Å². The van der Waals surface area contributed by atoms with E-state index < -0.39 is 11.9 Å². The van der Waals surface area contributed by atoms with E-state index in [0.29, 0.717) is 37.1 Å². The van der Waals surface area contributed by atoms with E-state index in [2.05, 4.69) is 15.6 Å². The average molecular weight is 412 g/mol. The van der Waals surface area contributed by atoms with Crippen LogP contribution in [0.15, 0.2) is 48.8 Å². The molecule has 0 bridgehead atoms. The predicted octanol–water partition coefficient (Wildman–Crippen LogP) is 1.69. The van der Waals surface area contributed by atoms with Crippen molar-refractivity contribution in [1.82, 2.24) is 20.5 Å². The van der Waals surface area contributed by atoms with Crippen molar-refractivity contribution in [2.45, 2.75) is 38.3 Å². The summed E-state index contributed by atoms with van der Waals surface area (Å²) in [6, 6.07) is 8.57. The standard InChI is InChI=1S/C22H25FN4O3/c1-15(28)25-20(14-17-4-2-3-5-19(17)23)21(29)26-18-8-12-27(13-9-18)22(30)16-6-10-24-11-7-16/h2-7,10-11,18,20H,8-9,12-14H2,1H3,(H,25,28)(H,26,29). The number of amides is 3. The molecule has 3 amide bonds. The highest BCUT2D eigenvalue weighted by molar-refractivity contribution is 5.94. The Morgan fingerprint density at radius 2 is 1.80 bits per heavy atom. The summed E-state index contributed by atoms with van der Waals surface area (Å²) in [6.07, 6.45) is 4.44. The van der Waals surface area contributed by atoms with Gasteiger partial charge in [0.1, 0.15) is 11.9 Å². The molecular formula is C22H25FN4O3. The number of hydrogen-bond acceptors (Lipinski definition) is 4. The zero-order chi connectivity index (χ0) is 21.5. The van der Waals surface area contributed by atoms with Crippen LogP contribution in [-0.4, -0.2) is 52.8 Å². The molecule has 1 aliphatic rings. The zero-order valence-electron chi connectivity index (χ0n) is 16.8. The monoisotopic (exact) mass is 412 g/mol. The van der Waals surface area contributed by atoms with Gasteiger partial charge in [0.25, 0.3) is 5.91 Å². The fourth-order valence-corrected chi connectivity index (χ4v) is 3.54. The molecule has 3 rings (SSSR count). The van der Waals surface area contributed by atoms with Gasteiger partial charge in [-0.15, -0.1) is 0 Å². The lowest BCUT2D eigenvalue weighted by molar-refractivity contribution is -0.128. The van der Waals surface area contributed by atoms with Crippen molar-refractivity contribution in [3.63, 3.8) is 0 Å². The number of piperidine rings is 1. The van der Waals surface area contributed by atoms with Crippen LogP contribution >= 0.6 is 0 Å². The van der Waals surface area contributed by atoms with E-state index in [0.717, 1.165) is 0 Å². The predicted molar refractivity (Wildman–Crippen MR) is 109 cm³/mol. The van der Waals surface area contributed by atoms with Gasteiger partial charge in [0.2, 0.25) is 11.8 Å². The molecule has 2 N–H and O–H groups in total. The van der Waals surface area contributed by atoms with Gasteiger partial charge in [-0.05, 0) is 36.6 Å². The van der Waals surface area contributed by atoms with Crippen LogP contribution in [0.4, 0.5) is 4.39 Å². The van der Waals surface area contributed by atoms with E-state index in [-0.39, 0.29) is 30.2 Å². The van der Waals surface area contributed by atoms with Gasteiger partial charge in [-0.25, -0.2) is 4.39 Å². The lowest BCUT2D eigenvalue weighted by atomic mass is 10.0. The summed E-state index contributed by atoms with van der Waals surface area (Å²) in [6.45, 7) is 2.36. The number of nitrogens with zero attached hydrogens (tertiary/aromatic N) is 2. The van der Waals surface area contributed by atoms with Crippen molar-refractivity contribution < 1.29 is 18.8 Å². The molecule has 158 valence electrons. The van der Waals surface area contributed by atoms with Gasteiger partial charge in [0.15, 0.2) is 0 Å². The first-order valence-electron chi connectivity index (χ1n) is 9.94. The van der Waals surface area contributed by atoms with Gasteiger partial charge in [-0.1, -0.05) is 18.2 Å². The minimum atomic E-state index is -0.865. The molecule has 0 spiro atoms. The molecule has 0 radical (unpaired) electrons. The van der Waals surface area contributed by atoms with Crippen LogP contribution in [0.3, 0.4) is 0 Å². The van der Waals surface area contributed by atoms with Gasteiger partial charge in [0.05, 0.1) is 0 Å². The second-order valence-electron chi connectivity index (χ2n) is 7.36. The first-order chi connectivity index (χ1) is 14.4. The molecule has 0 saturated carbocycles. The lowest BCUT2D eigenvalue weighted by Gasteiger charge is -2.33. The number of carbonyl (C=O) groups is 3. The van der Waals surface area contributed by atoms with Gasteiger partial charge < -0.3 is 15.5 Å². The third-order valence-electron chi connectivity index (χ3n) is 5.13. The number of carbonyl (C=O) groups excluding carboxylic acids is 3. The first-order valence-corrected chi connectivity index (χ1v) is 9.94. The van der Waals surface area contributed by atoms with E-state index >= 15 is 0 Å². The quantitative estimate of drug-likeness (QED) is 0.755. The SMILES string of the molecule is CC(=O)NC(Cc1ccccc1F)C(=O)NC1CCN(C(=O)c2ccncc2)CC1. The Kier molecular flexibility index (Phi) is 7.11. The molecule has 2 heterocycles. The van der Waals surface area contributed by atoms with Crippen LogP contribution < -0.4 is 10.6 Å². The first kappa shape index (κ1) is 21.4. The zero-order valence-corrected chi connectivity index (χ0v) is 16.8. The highest BCUT2D eigenvalue weighted by Crippen LogP contribution is 2.15. The summed E-state index contributed by atoms with van der Waals surface area (Å²) in [5.41, 5.74) is 0.951. The Morgan fingerprint density at radius 1 is 1.13 bits per heavy atom. The molecule has 2 aromatic rings. The van der Waals surface area contributed by atoms with Crippen molar-refractivity contribution in [3.05, 3.63) is 65.7 Å². The molecule has 1 fully saturated rings. The molecule has 1 unspecified atom stereocenters. The summed E-state index contributed by atoms with van der Waals surface area (Å²) < 4.78 is 14.0. The molecule has 1 saturated heterocycles. The summed E-state index contributed by atoms with van der Waals surface area (Å²) in [7, 11) is 0. The maximum absolute atomic E-state index is 14.0. The highest BCUT2D eigenvalue weighted by atomic mass is 19.1. The Morgan fingerprint density at radius 3 is 2.43 bits per heavy atom. The summed E-state index contributed by atoms with van der Waals surface area (Å²) >= 11 is 0. The van der Waals surface area contributed by atoms with E-state index in [1.807, 2.05) is 0 Å². The van der Waals surface area contributed by atoms with Crippen LogP contribution in [0, 0.1) is 5.82 Å². The second kappa shape index (κ2) is 9.96. The number of nitrogens with one attached hydrogen (secondary N) is 2. The molecule has 8 heteroatoms. The van der Waals surface area contributed by atoms with E-state index in [1.54, 1.807) is 47.6 Å². The molecule has 0 aliphatic carbocycles. The van der Waals surface area contributed by atoms with E-state index in [9.17, 15) is 18.8 Å². The number of aromatic nitrogens is 1. The van der Waals surface area contributed by atoms with Crippen LogP contribution in [0.25, 0.3) is 0 Å². The fraction of sp³-hybridized carbons (Fsp3) is 0.364. The topological polar surface area (TPSA) is 91.4 Å². The van der Waals surface area contributed by atoms with Crippen molar-refractivity contribution in [2.24, 2.45) is 0 Å². The van der Waals surface area contributed by atoms with Crippen molar-refractivity contribution in [3.8, 4) is 0 Å². The third kappa shape index (κ3) is 5.62. The molecule has 1 atom stereocenters. The Balaban J connectivity index is 1.56. The number of likely N-dealkylation sites (tertiary alicyclic amines) is 1. The molecule has 1 aromatic carbocycles. The minimum absolute atomic E-state index is 0.0575. The number of halogens is 1. The Labute approximate surface area is 174 Å². The van der Waals surface area contributed by atoms with Crippen molar-refractivity contribution >= 4 is 17.7 Å². The fourth-order valence-electron chi connectivity index (χ4n) is 3.54. The second-order valence-corrected chi connectivity index (χ2v) is 7.36. The van der Waals surface area contributed by atoms with Crippen LogP contribution in [0.1, 0.15) is 35.7 Å². The lowest BCUT2D eigenvalue weighted by Crippen LogP contribution is -2.53. The Hall–Kier alpha value is -3.29. The van der Waals surface area contributed by atoms with Crippen LogP contribution in [-0.2, 0) is 16.0 Å². The molecule has 1 aromatic heterocycles. The van der Waals surface area contributed by atoms with Crippen molar-refractivity contribution in [2.75, 3.05) is 13.1 Å².